The van der Waals surface area contributed by atoms with E-state index in [0.717, 1.165) is 5.25 Å². The molecule has 2 heterocycles. The summed E-state index contributed by atoms with van der Waals surface area (Å²) in [7, 11) is 2.03. The van der Waals surface area contributed by atoms with Gasteiger partial charge in [-0.05, 0) is 5.41 Å². The number of hydrogen-bond acceptors (Lipinski definition) is 4. The van der Waals surface area contributed by atoms with Gasteiger partial charge < -0.3 is 5.32 Å². The van der Waals surface area contributed by atoms with Gasteiger partial charge in [0.05, 0.1) is 4.90 Å². The summed E-state index contributed by atoms with van der Waals surface area (Å²) in [5, 5.41) is 5.43. The first-order valence-corrected chi connectivity index (χ1v) is 8.26. The molecule has 1 N–H and O–H groups in total. The zero-order chi connectivity index (χ0) is 11.9. The highest BCUT2D eigenvalue weighted by Crippen LogP contribution is 2.53. The van der Waals surface area contributed by atoms with E-state index in [0.29, 0.717) is 0 Å². The van der Waals surface area contributed by atoms with Crippen molar-refractivity contribution in [2.24, 2.45) is 0 Å². The second-order valence-electron chi connectivity index (χ2n) is 5.16. The van der Waals surface area contributed by atoms with Crippen LogP contribution in [0, 0.1) is 0 Å². The van der Waals surface area contributed by atoms with Crippen LogP contribution >= 0.6 is 34.9 Å². The fourth-order valence-electron chi connectivity index (χ4n) is 1.73. The number of rotatable bonds is 1. The van der Waals surface area contributed by atoms with Crippen molar-refractivity contribution in [3.05, 3.63) is 4.88 Å². The molecule has 1 atom stereocenters. The van der Waals surface area contributed by atoms with E-state index in [4.69, 9.17) is 0 Å². The number of thioether (sulfide) groups is 2. The van der Waals surface area contributed by atoms with Gasteiger partial charge in [-0.2, -0.15) is 0 Å². The molecule has 1 aliphatic heterocycles. The molecular weight excluding hydrogens is 254 g/mol. The SMILES string of the molecule is CNc1sc(C(C)(C)C)c2c1SCC(C)S2. The molecule has 0 saturated carbocycles. The highest BCUT2D eigenvalue weighted by atomic mass is 32.2. The second-order valence-corrected chi connectivity index (χ2v) is 8.66. The van der Waals surface area contributed by atoms with E-state index >= 15 is 0 Å². The number of thiophene rings is 1. The average Bonchev–Trinajstić information content (AvgIpc) is 2.54. The van der Waals surface area contributed by atoms with Gasteiger partial charge in [0.15, 0.2) is 0 Å². The van der Waals surface area contributed by atoms with E-state index in [1.54, 1.807) is 0 Å². The number of hydrogen-bond donors (Lipinski definition) is 1. The molecule has 0 saturated heterocycles. The molecule has 0 fully saturated rings. The van der Waals surface area contributed by atoms with Crippen molar-refractivity contribution in [2.45, 2.75) is 48.2 Å². The standard InChI is InChI=1S/C12H19NS3/c1-7-6-14-9-8(15-7)10(12(2,3)4)16-11(9)13-5/h7,13H,6H2,1-5H3. The highest BCUT2D eigenvalue weighted by molar-refractivity contribution is 8.06. The van der Waals surface area contributed by atoms with Crippen LogP contribution in [-0.2, 0) is 5.41 Å². The van der Waals surface area contributed by atoms with Crippen LogP contribution in [0.25, 0.3) is 0 Å². The molecular formula is C12H19NS3. The van der Waals surface area contributed by atoms with Gasteiger partial charge in [0.1, 0.15) is 5.00 Å². The van der Waals surface area contributed by atoms with Crippen LogP contribution in [0.2, 0.25) is 0 Å². The molecule has 0 amide bonds. The molecule has 1 aromatic heterocycles. The van der Waals surface area contributed by atoms with E-state index in [9.17, 15) is 0 Å². The van der Waals surface area contributed by atoms with Crippen molar-refractivity contribution in [1.82, 2.24) is 0 Å². The summed E-state index contributed by atoms with van der Waals surface area (Å²) in [5.41, 5.74) is 0.258. The molecule has 0 spiro atoms. The molecule has 90 valence electrons. The zero-order valence-electron chi connectivity index (χ0n) is 10.5. The first-order valence-electron chi connectivity index (χ1n) is 5.58. The van der Waals surface area contributed by atoms with Gasteiger partial charge >= 0.3 is 0 Å². The van der Waals surface area contributed by atoms with E-state index < -0.39 is 0 Å². The van der Waals surface area contributed by atoms with Gasteiger partial charge in [0, 0.05) is 27.8 Å². The quantitative estimate of drug-likeness (QED) is 0.798. The van der Waals surface area contributed by atoms with Crippen molar-refractivity contribution in [1.29, 1.82) is 0 Å². The molecule has 0 bridgehead atoms. The summed E-state index contributed by atoms with van der Waals surface area (Å²) in [4.78, 5) is 4.56. The molecule has 0 radical (unpaired) electrons. The number of nitrogens with one attached hydrogen (secondary N) is 1. The molecule has 16 heavy (non-hydrogen) atoms. The van der Waals surface area contributed by atoms with E-state index in [1.165, 1.54) is 25.4 Å². The van der Waals surface area contributed by atoms with Gasteiger partial charge in [0.25, 0.3) is 0 Å². The van der Waals surface area contributed by atoms with Gasteiger partial charge in [0.2, 0.25) is 0 Å². The Bertz CT molecular complexity index is 390. The van der Waals surface area contributed by atoms with Crippen molar-refractivity contribution >= 4 is 39.9 Å². The lowest BCUT2D eigenvalue weighted by molar-refractivity contribution is 0.590. The fraction of sp³-hybridized carbons (Fsp3) is 0.667. The van der Waals surface area contributed by atoms with Crippen LogP contribution in [0.3, 0.4) is 0 Å². The number of anilines is 1. The summed E-state index contributed by atoms with van der Waals surface area (Å²) >= 11 is 5.99. The predicted molar refractivity (Wildman–Crippen MR) is 78.6 cm³/mol. The summed E-state index contributed by atoms with van der Waals surface area (Å²) in [6.07, 6.45) is 0. The smallest absolute Gasteiger partial charge is 0.103 e. The fourth-order valence-corrected chi connectivity index (χ4v) is 6.13. The third-order valence-corrected chi connectivity index (χ3v) is 7.32. The van der Waals surface area contributed by atoms with Crippen molar-refractivity contribution in [2.75, 3.05) is 18.1 Å². The monoisotopic (exact) mass is 273 g/mol. The van der Waals surface area contributed by atoms with Crippen LogP contribution < -0.4 is 5.32 Å². The molecule has 4 heteroatoms. The maximum absolute atomic E-state index is 3.35. The third kappa shape index (κ3) is 2.24. The maximum Gasteiger partial charge on any atom is 0.103 e. The second kappa shape index (κ2) is 4.46. The summed E-state index contributed by atoms with van der Waals surface area (Å²) in [6, 6.07) is 0. The lowest BCUT2D eigenvalue weighted by atomic mass is 9.95. The zero-order valence-corrected chi connectivity index (χ0v) is 13.0. The molecule has 0 aromatic carbocycles. The Hall–Kier alpha value is 0.200. The van der Waals surface area contributed by atoms with Gasteiger partial charge in [-0.3, -0.25) is 0 Å². The summed E-state index contributed by atoms with van der Waals surface area (Å²) in [6.45, 7) is 9.25. The first-order chi connectivity index (χ1) is 7.43. The summed E-state index contributed by atoms with van der Waals surface area (Å²) in [5.74, 6) is 1.23. The molecule has 1 aromatic rings. The lowest BCUT2D eigenvalue weighted by Crippen LogP contribution is -2.12. The van der Waals surface area contributed by atoms with E-state index in [2.05, 4.69) is 44.8 Å². The third-order valence-electron chi connectivity index (χ3n) is 2.51. The van der Waals surface area contributed by atoms with Gasteiger partial charge in [-0.25, -0.2) is 0 Å². The predicted octanol–water partition coefficient (Wildman–Crippen LogP) is 4.67. The van der Waals surface area contributed by atoms with Crippen LogP contribution in [0.1, 0.15) is 32.6 Å². The highest BCUT2D eigenvalue weighted by Gasteiger charge is 2.30. The molecule has 1 aliphatic rings. The van der Waals surface area contributed by atoms with Crippen LogP contribution in [-0.4, -0.2) is 18.1 Å². The molecule has 1 nitrogen and oxygen atoms in total. The summed E-state index contributed by atoms with van der Waals surface area (Å²) < 4.78 is 0. The Morgan fingerprint density at radius 2 is 1.94 bits per heavy atom. The molecule has 2 rings (SSSR count). The van der Waals surface area contributed by atoms with Crippen LogP contribution in [0.5, 0.6) is 0 Å². The Balaban J connectivity index is 2.51. The Kier molecular flexibility index (Phi) is 3.53. The van der Waals surface area contributed by atoms with E-state index in [-0.39, 0.29) is 5.41 Å². The lowest BCUT2D eigenvalue weighted by Gasteiger charge is -2.23. The van der Waals surface area contributed by atoms with Crippen molar-refractivity contribution in [3.8, 4) is 0 Å². The minimum Gasteiger partial charge on any atom is -0.379 e. The largest absolute Gasteiger partial charge is 0.379 e. The molecule has 0 aliphatic carbocycles. The van der Waals surface area contributed by atoms with Crippen LogP contribution in [0.15, 0.2) is 9.79 Å². The Labute approximate surface area is 111 Å². The van der Waals surface area contributed by atoms with E-state index in [1.807, 2.05) is 30.1 Å². The minimum atomic E-state index is 0.258. The Morgan fingerprint density at radius 1 is 1.25 bits per heavy atom. The maximum atomic E-state index is 3.35. The molecule has 1 unspecified atom stereocenters. The topological polar surface area (TPSA) is 12.0 Å². The minimum absolute atomic E-state index is 0.258. The van der Waals surface area contributed by atoms with Crippen molar-refractivity contribution in [3.63, 3.8) is 0 Å². The average molecular weight is 273 g/mol. The number of fused-ring (bicyclic) bond motifs is 1. The van der Waals surface area contributed by atoms with Crippen LogP contribution in [0.4, 0.5) is 5.00 Å². The first kappa shape index (κ1) is 12.7. The van der Waals surface area contributed by atoms with Gasteiger partial charge in [-0.15, -0.1) is 34.9 Å². The normalized spacial score (nSPS) is 20.7. The van der Waals surface area contributed by atoms with Gasteiger partial charge in [-0.1, -0.05) is 27.7 Å². The Morgan fingerprint density at radius 3 is 2.50 bits per heavy atom. The van der Waals surface area contributed by atoms with Crippen molar-refractivity contribution < 1.29 is 0 Å².